The van der Waals surface area contributed by atoms with E-state index in [9.17, 15) is 0 Å². The van der Waals surface area contributed by atoms with E-state index in [1.54, 1.807) is 6.21 Å². The summed E-state index contributed by atoms with van der Waals surface area (Å²) in [5, 5.41) is 8.81. The van der Waals surface area contributed by atoms with Gasteiger partial charge >= 0.3 is 0 Å². The molecule has 4 rings (SSSR count). The normalized spacial score (nSPS) is 11.6. The molecule has 0 atom stereocenters. The third-order valence-electron chi connectivity index (χ3n) is 4.94. The highest BCUT2D eigenvalue weighted by atomic mass is 32.2. The summed E-state index contributed by atoms with van der Waals surface area (Å²) in [5.41, 5.74) is 11.4. The monoisotopic (exact) mass is 451 g/mol. The number of ether oxygens (including phenoxy) is 1. The second-order valence-electron chi connectivity index (χ2n) is 7.35. The highest BCUT2D eigenvalue weighted by Crippen LogP contribution is 2.27. The first-order valence-electron chi connectivity index (χ1n) is 10.7. The first-order valence-corrected chi connectivity index (χ1v) is 11.7. The quantitative estimate of drug-likeness (QED) is 0.189. The molecule has 5 heteroatoms. The number of thioether (sulfide) groups is 1. The molecule has 0 unspecified atom stereocenters. The molecule has 0 aliphatic rings. The van der Waals surface area contributed by atoms with Crippen LogP contribution in [-0.4, -0.2) is 11.4 Å². The predicted octanol–water partition coefficient (Wildman–Crippen LogP) is 6.51. The fourth-order valence-corrected chi connectivity index (χ4v) is 3.89. The van der Waals surface area contributed by atoms with Gasteiger partial charge in [0.2, 0.25) is 0 Å². The molecule has 0 fully saturated rings. The fraction of sp³-hybridized carbons (Fsp3) is 0.0714. The lowest BCUT2D eigenvalue weighted by Crippen LogP contribution is -2.06. The van der Waals surface area contributed by atoms with Gasteiger partial charge < -0.3 is 10.5 Å². The fourth-order valence-electron chi connectivity index (χ4n) is 3.28. The molecule has 0 bridgehead atoms. The Kier molecular flexibility index (Phi) is 7.93. The molecule has 4 aromatic carbocycles. The van der Waals surface area contributed by atoms with E-state index in [-0.39, 0.29) is 0 Å². The average Bonchev–Trinajstić information content (AvgIpc) is 2.88. The van der Waals surface area contributed by atoms with E-state index in [1.165, 1.54) is 17.3 Å². The van der Waals surface area contributed by atoms with Gasteiger partial charge in [-0.2, -0.15) is 5.10 Å². The standard InChI is InChI=1S/C28H25N3OS/c29-28(33-21-23-12-5-2-6-13-23)31-30-19-25-14-7-8-17-27(25)24-15-9-16-26(18-24)32-20-22-10-3-1-4-11-22/h1-19H,20-21H2,(H2,29,31). The molecule has 0 amide bonds. The summed E-state index contributed by atoms with van der Waals surface area (Å²) in [6, 6.07) is 36.5. The van der Waals surface area contributed by atoms with E-state index in [2.05, 4.69) is 46.6 Å². The number of nitrogens with two attached hydrogens (primary N) is 1. The lowest BCUT2D eigenvalue weighted by atomic mass is 10.0. The van der Waals surface area contributed by atoms with Crippen LogP contribution >= 0.6 is 11.8 Å². The molecule has 0 radical (unpaired) electrons. The molecular formula is C28H25N3OS. The smallest absolute Gasteiger partial charge is 0.180 e. The van der Waals surface area contributed by atoms with Gasteiger partial charge in [-0.25, -0.2) is 0 Å². The Bertz CT molecular complexity index is 1220. The third-order valence-corrected chi connectivity index (χ3v) is 5.79. The van der Waals surface area contributed by atoms with Crippen molar-refractivity contribution in [2.75, 3.05) is 0 Å². The van der Waals surface area contributed by atoms with Crippen LogP contribution < -0.4 is 10.5 Å². The van der Waals surface area contributed by atoms with Gasteiger partial charge in [0.25, 0.3) is 0 Å². The van der Waals surface area contributed by atoms with Gasteiger partial charge in [0.05, 0.1) is 6.21 Å². The van der Waals surface area contributed by atoms with Crippen LogP contribution in [0, 0.1) is 0 Å². The summed E-state index contributed by atoms with van der Waals surface area (Å²) < 4.78 is 6.00. The lowest BCUT2D eigenvalue weighted by Gasteiger charge is -2.10. The maximum atomic E-state index is 6.02. The summed E-state index contributed by atoms with van der Waals surface area (Å²) in [5.74, 6) is 1.58. The molecule has 0 aliphatic heterocycles. The maximum Gasteiger partial charge on any atom is 0.180 e. The minimum absolute atomic E-state index is 0.434. The van der Waals surface area contributed by atoms with Crippen LogP contribution in [0.2, 0.25) is 0 Å². The molecule has 0 heterocycles. The highest BCUT2D eigenvalue weighted by Gasteiger charge is 2.05. The SMILES string of the molecule is NC(=NN=Cc1ccccc1-c1cccc(OCc2ccccc2)c1)SCc1ccccc1. The van der Waals surface area contributed by atoms with Crippen LogP contribution in [0.1, 0.15) is 16.7 Å². The van der Waals surface area contributed by atoms with Gasteiger partial charge in [-0.05, 0) is 34.4 Å². The molecule has 4 nitrogen and oxygen atoms in total. The van der Waals surface area contributed by atoms with Crippen molar-refractivity contribution in [1.29, 1.82) is 0 Å². The van der Waals surface area contributed by atoms with Gasteiger partial charge in [0.15, 0.2) is 5.17 Å². The molecule has 0 aliphatic carbocycles. The highest BCUT2D eigenvalue weighted by molar-refractivity contribution is 8.13. The van der Waals surface area contributed by atoms with Gasteiger partial charge in [-0.15, -0.1) is 5.10 Å². The van der Waals surface area contributed by atoms with Crippen molar-refractivity contribution in [2.45, 2.75) is 12.4 Å². The van der Waals surface area contributed by atoms with Gasteiger partial charge in [0, 0.05) is 11.3 Å². The predicted molar refractivity (Wildman–Crippen MR) is 140 cm³/mol. The number of hydrogen-bond donors (Lipinski definition) is 1. The molecule has 33 heavy (non-hydrogen) atoms. The van der Waals surface area contributed by atoms with Crippen LogP contribution in [0.5, 0.6) is 5.75 Å². The molecule has 0 spiro atoms. The van der Waals surface area contributed by atoms with E-state index < -0.39 is 0 Å². The van der Waals surface area contributed by atoms with Crippen LogP contribution in [0.15, 0.2) is 119 Å². The summed E-state index contributed by atoms with van der Waals surface area (Å²) >= 11 is 1.47. The number of benzene rings is 4. The Morgan fingerprint density at radius 3 is 2.27 bits per heavy atom. The Balaban J connectivity index is 1.43. The Morgan fingerprint density at radius 1 is 0.788 bits per heavy atom. The zero-order chi connectivity index (χ0) is 22.7. The molecular weight excluding hydrogens is 426 g/mol. The molecule has 2 N–H and O–H groups in total. The van der Waals surface area contributed by atoms with Crippen LogP contribution in [0.25, 0.3) is 11.1 Å². The molecule has 0 aromatic heterocycles. The summed E-state index contributed by atoms with van der Waals surface area (Å²) in [6.45, 7) is 0.530. The number of hydrogen-bond acceptors (Lipinski definition) is 4. The molecule has 0 saturated heterocycles. The lowest BCUT2D eigenvalue weighted by molar-refractivity contribution is 0.306. The van der Waals surface area contributed by atoms with Crippen LogP contribution in [0.4, 0.5) is 0 Å². The topological polar surface area (TPSA) is 60.0 Å². The Morgan fingerprint density at radius 2 is 1.48 bits per heavy atom. The van der Waals surface area contributed by atoms with Crippen molar-refractivity contribution in [2.24, 2.45) is 15.9 Å². The van der Waals surface area contributed by atoms with Crippen molar-refractivity contribution >= 4 is 23.1 Å². The first kappa shape index (κ1) is 22.4. The summed E-state index contributed by atoms with van der Waals surface area (Å²) in [6.07, 6.45) is 1.74. The zero-order valence-corrected chi connectivity index (χ0v) is 19.0. The number of amidine groups is 1. The average molecular weight is 452 g/mol. The zero-order valence-electron chi connectivity index (χ0n) is 18.2. The summed E-state index contributed by atoms with van der Waals surface area (Å²) in [4.78, 5) is 0. The minimum Gasteiger partial charge on any atom is -0.489 e. The van der Waals surface area contributed by atoms with Crippen molar-refractivity contribution in [1.82, 2.24) is 0 Å². The van der Waals surface area contributed by atoms with E-state index >= 15 is 0 Å². The summed E-state index contributed by atoms with van der Waals surface area (Å²) in [7, 11) is 0. The van der Waals surface area contributed by atoms with E-state index in [0.717, 1.165) is 33.8 Å². The Hall–Kier alpha value is -3.83. The van der Waals surface area contributed by atoms with Crippen molar-refractivity contribution in [3.8, 4) is 16.9 Å². The van der Waals surface area contributed by atoms with Crippen LogP contribution in [0.3, 0.4) is 0 Å². The molecule has 4 aromatic rings. The van der Waals surface area contributed by atoms with Gasteiger partial charge in [-0.3, -0.25) is 0 Å². The third kappa shape index (κ3) is 6.82. The number of nitrogens with zero attached hydrogens (tertiary/aromatic N) is 2. The second kappa shape index (κ2) is 11.7. The van der Waals surface area contributed by atoms with E-state index in [1.807, 2.05) is 72.8 Å². The van der Waals surface area contributed by atoms with Crippen molar-refractivity contribution < 1.29 is 4.74 Å². The van der Waals surface area contributed by atoms with E-state index in [0.29, 0.717) is 11.8 Å². The molecule has 164 valence electrons. The van der Waals surface area contributed by atoms with Crippen molar-refractivity contribution in [3.63, 3.8) is 0 Å². The van der Waals surface area contributed by atoms with Gasteiger partial charge in [-0.1, -0.05) is 109 Å². The maximum absolute atomic E-state index is 6.02. The Labute approximate surface area is 198 Å². The van der Waals surface area contributed by atoms with Gasteiger partial charge in [0.1, 0.15) is 12.4 Å². The van der Waals surface area contributed by atoms with Crippen molar-refractivity contribution in [3.05, 3.63) is 126 Å². The first-order chi connectivity index (χ1) is 16.3. The minimum atomic E-state index is 0.434. The van der Waals surface area contributed by atoms with Crippen LogP contribution in [-0.2, 0) is 12.4 Å². The number of rotatable bonds is 8. The van der Waals surface area contributed by atoms with E-state index in [4.69, 9.17) is 10.5 Å². The molecule has 0 saturated carbocycles. The largest absolute Gasteiger partial charge is 0.489 e. The second-order valence-corrected chi connectivity index (χ2v) is 8.34.